The molecular formula is C14H14Cl2O. The van der Waals surface area contributed by atoms with Crippen LogP contribution in [0.1, 0.15) is 33.6 Å². The fraction of sp³-hybridized carbons (Fsp3) is 0.286. The number of furan rings is 1. The summed E-state index contributed by atoms with van der Waals surface area (Å²) in [5.41, 5.74) is 3.24. The summed E-state index contributed by atoms with van der Waals surface area (Å²) in [6.45, 7) is 5.98. The van der Waals surface area contributed by atoms with Gasteiger partial charge in [0.25, 0.3) is 0 Å². The van der Waals surface area contributed by atoms with E-state index in [9.17, 15) is 0 Å². The summed E-state index contributed by atoms with van der Waals surface area (Å²) in [5.74, 6) is 1.58. The number of rotatable bonds is 2. The SMILES string of the molecule is Cc1ccc(C(Cl)c2cc(C)c(C)cc2Cl)o1. The van der Waals surface area contributed by atoms with Crippen molar-refractivity contribution in [3.05, 3.63) is 57.5 Å². The number of halogens is 2. The topological polar surface area (TPSA) is 13.1 Å². The Labute approximate surface area is 111 Å². The van der Waals surface area contributed by atoms with Crippen LogP contribution in [-0.2, 0) is 0 Å². The highest BCUT2D eigenvalue weighted by Gasteiger charge is 2.18. The number of benzene rings is 1. The number of hydrogen-bond donors (Lipinski definition) is 0. The minimum Gasteiger partial charge on any atom is -0.464 e. The highest BCUT2D eigenvalue weighted by Crippen LogP contribution is 2.35. The Balaban J connectivity index is 2.43. The first kappa shape index (κ1) is 12.5. The van der Waals surface area contributed by atoms with Gasteiger partial charge in [0, 0.05) is 5.02 Å². The molecule has 1 heterocycles. The molecule has 1 atom stereocenters. The average molecular weight is 269 g/mol. The van der Waals surface area contributed by atoms with Crippen LogP contribution in [0.2, 0.25) is 5.02 Å². The summed E-state index contributed by atoms with van der Waals surface area (Å²) < 4.78 is 5.53. The highest BCUT2D eigenvalue weighted by molar-refractivity contribution is 6.33. The number of aryl methyl sites for hydroxylation is 3. The normalized spacial score (nSPS) is 12.8. The van der Waals surface area contributed by atoms with Gasteiger partial charge in [-0.1, -0.05) is 17.7 Å². The minimum atomic E-state index is -0.338. The van der Waals surface area contributed by atoms with Gasteiger partial charge in [-0.15, -0.1) is 11.6 Å². The van der Waals surface area contributed by atoms with Crippen molar-refractivity contribution in [3.8, 4) is 0 Å². The summed E-state index contributed by atoms with van der Waals surface area (Å²) in [5, 5.41) is 0.345. The van der Waals surface area contributed by atoms with Crippen LogP contribution < -0.4 is 0 Å². The van der Waals surface area contributed by atoms with E-state index in [2.05, 4.69) is 0 Å². The van der Waals surface area contributed by atoms with Crippen molar-refractivity contribution < 1.29 is 4.42 Å². The van der Waals surface area contributed by atoms with E-state index < -0.39 is 0 Å². The Kier molecular flexibility index (Phi) is 3.50. The smallest absolute Gasteiger partial charge is 0.126 e. The van der Waals surface area contributed by atoms with E-state index in [1.807, 2.05) is 45.0 Å². The van der Waals surface area contributed by atoms with E-state index >= 15 is 0 Å². The second-order valence-electron chi connectivity index (χ2n) is 4.27. The Hall–Kier alpha value is -0.920. The van der Waals surface area contributed by atoms with Crippen LogP contribution in [0.3, 0.4) is 0 Å². The monoisotopic (exact) mass is 268 g/mol. The Bertz CT molecular complexity index is 543. The molecule has 1 nitrogen and oxygen atoms in total. The van der Waals surface area contributed by atoms with Crippen molar-refractivity contribution in [2.24, 2.45) is 0 Å². The zero-order chi connectivity index (χ0) is 12.6. The van der Waals surface area contributed by atoms with Crippen LogP contribution in [0.25, 0.3) is 0 Å². The van der Waals surface area contributed by atoms with Gasteiger partial charge in [0.05, 0.1) is 0 Å². The van der Waals surface area contributed by atoms with Gasteiger partial charge in [-0.25, -0.2) is 0 Å². The van der Waals surface area contributed by atoms with Crippen molar-refractivity contribution in [3.63, 3.8) is 0 Å². The van der Waals surface area contributed by atoms with E-state index in [4.69, 9.17) is 27.6 Å². The molecule has 2 aromatic rings. The molecule has 0 aliphatic heterocycles. The molecule has 1 unspecified atom stereocenters. The third-order valence-corrected chi connectivity index (χ3v) is 3.67. The quantitative estimate of drug-likeness (QED) is 0.684. The maximum absolute atomic E-state index is 6.40. The van der Waals surface area contributed by atoms with Crippen molar-refractivity contribution in [1.29, 1.82) is 0 Å². The van der Waals surface area contributed by atoms with E-state index in [1.165, 1.54) is 11.1 Å². The lowest BCUT2D eigenvalue weighted by atomic mass is 10.0. The first-order valence-electron chi connectivity index (χ1n) is 5.46. The summed E-state index contributed by atoms with van der Waals surface area (Å²) in [4.78, 5) is 0. The van der Waals surface area contributed by atoms with Gasteiger partial charge in [-0.05, 0) is 55.7 Å². The van der Waals surface area contributed by atoms with Crippen LogP contribution in [0.4, 0.5) is 0 Å². The fourth-order valence-electron chi connectivity index (χ4n) is 1.74. The number of hydrogen-bond acceptors (Lipinski definition) is 1. The molecular weight excluding hydrogens is 255 g/mol. The largest absolute Gasteiger partial charge is 0.464 e. The second-order valence-corrected chi connectivity index (χ2v) is 5.11. The minimum absolute atomic E-state index is 0.338. The first-order chi connectivity index (χ1) is 7.99. The van der Waals surface area contributed by atoms with E-state index in [1.54, 1.807) is 0 Å². The van der Waals surface area contributed by atoms with Crippen LogP contribution in [0.15, 0.2) is 28.7 Å². The van der Waals surface area contributed by atoms with Gasteiger partial charge in [-0.3, -0.25) is 0 Å². The molecule has 1 aromatic heterocycles. The molecule has 17 heavy (non-hydrogen) atoms. The van der Waals surface area contributed by atoms with E-state index in [0.29, 0.717) is 5.02 Å². The molecule has 0 spiro atoms. The van der Waals surface area contributed by atoms with Gasteiger partial charge in [-0.2, -0.15) is 0 Å². The molecule has 0 bridgehead atoms. The molecule has 90 valence electrons. The molecule has 0 N–H and O–H groups in total. The zero-order valence-electron chi connectivity index (χ0n) is 10.1. The highest BCUT2D eigenvalue weighted by atomic mass is 35.5. The molecule has 0 radical (unpaired) electrons. The summed E-state index contributed by atoms with van der Waals surface area (Å²) >= 11 is 12.6. The summed E-state index contributed by atoms with van der Waals surface area (Å²) in [6.07, 6.45) is 0. The van der Waals surface area contributed by atoms with Crippen LogP contribution >= 0.6 is 23.2 Å². The maximum atomic E-state index is 6.40. The molecule has 1 aromatic carbocycles. The van der Waals surface area contributed by atoms with Gasteiger partial charge >= 0.3 is 0 Å². The molecule has 0 saturated carbocycles. The molecule has 0 saturated heterocycles. The molecule has 0 aliphatic rings. The molecule has 3 heteroatoms. The summed E-state index contributed by atoms with van der Waals surface area (Å²) in [6, 6.07) is 7.75. The fourth-order valence-corrected chi connectivity index (χ4v) is 2.42. The predicted molar refractivity (Wildman–Crippen MR) is 72.1 cm³/mol. The Morgan fingerprint density at radius 2 is 1.71 bits per heavy atom. The molecule has 0 amide bonds. The van der Waals surface area contributed by atoms with E-state index in [-0.39, 0.29) is 5.38 Å². The standard InChI is InChI=1S/C14H14Cl2O/c1-8-6-11(12(15)7-9(8)2)14(16)13-5-4-10(3)17-13/h4-7,14H,1-3H3. The third-order valence-electron chi connectivity index (χ3n) is 2.90. The van der Waals surface area contributed by atoms with Crippen LogP contribution in [0.5, 0.6) is 0 Å². The van der Waals surface area contributed by atoms with Crippen molar-refractivity contribution >= 4 is 23.2 Å². The zero-order valence-corrected chi connectivity index (χ0v) is 11.6. The van der Waals surface area contributed by atoms with Crippen molar-refractivity contribution in [2.75, 3.05) is 0 Å². The Morgan fingerprint density at radius 3 is 2.29 bits per heavy atom. The van der Waals surface area contributed by atoms with Crippen molar-refractivity contribution in [1.82, 2.24) is 0 Å². The number of alkyl halides is 1. The second kappa shape index (κ2) is 4.75. The summed E-state index contributed by atoms with van der Waals surface area (Å²) in [7, 11) is 0. The lowest BCUT2D eigenvalue weighted by Gasteiger charge is -2.12. The average Bonchev–Trinajstić information content (AvgIpc) is 2.69. The van der Waals surface area contributed by atoms with Gasteiger partial charge < -0.3 is 4.42 Å². The Morgan fingerprint density at radius 1 is 1.06 bits per heavy atom. The lowest BCUT2D eigenvalue weighted by molar-refractivity contribution is 0.489. The maximum Gasteiger partial charge on any atom is 0.126 e. The third kappa shape index (κ3) is 2.51. The molecule has 0 aliphatic carbocycles. The predicted octanol–water partition coefficient (Wildman–Crippen LogP) is 5.19. The molecule has 2 rings (SSSR count). The first-order valence-corrected chi connectivity index (χ1v) is 6.27. The lowest BCUT2D eigenvalue weighted by Crippen LogP contribution is -1.95. The van der Waals surface area contributed by atoms with Gasteiger partial charge in [0.15, 0.2) is 0 Å². The van der Waals surface area contributed by atoms with Crippen LogP contribution in [0, 0.1) is 20.8 Å². The van der Waals surface area contributed by atoms with Crippen molar-refractivity contribution in [2.45, 2.75) is 26.1 Å². The van der Waals surface area contributed by atoms with Gasteiger partial charge in [0.2, 0.25) is 0 Å². The van der Waals surface area contributed by atoms with E-state index in [0.717, 1.165) is 17.1 Å². The van der Waals surface area contributed by atoms with Gasteiger partial charge in [0.1, 0.15) is 16.9 Å². The molecule has 0 fully saturated rings. The van der Waals surface area contributed by atoms with Crippen LogP contribution in [-0.4, -0.2) is 0 Å².